The molecule has 0 aromatic carbocycles. The fourth-order valence-electron chi connectivity index (χ4n) is 1.07. The van der Waals surface area contributed by atoms with Crippen LogP contribution in [0.2, 0.25) is 0 Å². The summed E-state index contributed by atoms with van der Waals surface area (Å²) in [7, 11) is 0. The van der Waals surface area contributed by atoms with E-state index in [1.807, 2.05) is 18.2 Å². The Morgan fingerprint density at radius 1 is 1.00 bits per heavy atom. The summed E-state index contributed by atoms with van der Waals surface area (Å²) < 4.78 is 0. The molecular weight excluding hydrogens is 174 g/mol. The number of nitriles is 3. The molecule has 0 amide bonds. The first-order chi connectivity index (χ1) is 6.35. The van der Waals surface area contributed by atoms with Crippen LogP contribution in [-0.4, -0.2) is 0 Å². The summed E-state index contributed by atoms with van der Waals surface area (Å²) >= 11 is 0. The van der Waals surface area contributed by atoms with Crippen LogP contribution in [0.15, 0.2) is 11.6 Å². The Morgan fingerprint density at radius 3 is 1.64 bits per heavy atom. The van der Waals surface area contributed by atoms with Crippen LogP contribution in [0.3, 0.4) is 0 Å². The first-order valence-corrected chi connectivity index (χ1v) is 4.25. The van der Waals surface area contributed by atoms with Crippen LogP contribution in [0.25, 0.3) is 0 Å². The maximum atomic E-state index is 9.02. The van der Waals surface area contributed by atoms with Crippen molar-refractivity contribution in [1.82, 2.24) is 0 Å². The molecule has 0 fully saturated rings. The molecule has 0 aliphatic heterocycles. The summed E-state index contributed by atoms with van der Waals surface area (Å²) in [5.41, 5.74) is -1.51. The van der Waals surface area contributed by atoms with E-state index in [1.54, 1.807) is 33.8 Å². The van der Waals surface area contributed by atoms with Gasteiger partial charge in [-0.25, -0.2) is 0 Å². The van der Waals surface area contributed by atoms with Crippen molar-refractivity contribution in [2.45, 2.75) is 27.7 Å². The Hall–Kier alpha value is -1.79. The van der Waals surface area contributed by atoms with E-state index in [-0.39, 0.29) is 0 Å². The van der Waals surface area contributed by atoms with E-state index in [4.69, 9.17) is 15.8 Å². The van der Waals surface area contributed by atoms with Crippen molar-refractivity contribution in [3.8, 4) is 18.2 Å². The predicted molar refractivity (Wildman–Crippen MR) is 52.5 cm³/mol. The van der Waals surface area contributed by atoms with Gasteiger partial charge in [0.1, 0.15) is 0 Å². The van der Waals surface area contributed by atoms with E-state index in [9.17, 15) is 0 Å². The largest absolute Gasteiger partial charge is 0.198 e. The Labute approximate surface area is 84.9 Å². The van der Waals surface area contributed by atoms with E-state index in [0.29, 0.717) is 0 Å². The van der Waals surface area contributed by atoms with E-state index in [2.05, 4.69) is 0 Å². The van der Waals surface area contributed by atoms with Gasteiger partial charge in [0.2, 0.25) is 0 Å². The fraction of sp³-hybridized carbons (Fsp3) is 0.545. The van der Waals surface area contributed by atoms with Crippen molar-refractivity contribution in [1.29, 1.82) is 15.8 Å². The summed E-state index contributed by atoms with van der Waals surface area (Å²) in [5, 5.41) is 27.0. The molecule has 0 N–H and O–H groups in total. The van der Waals surface area contributed by atoms with Crippen molar-refractivity contribution in [3.05, 3.63) is 11.6 Å². The number of rotatable bonds is 2. The molecule has 0 bridgehead atoms. The lowest BCUT2D eigenvalue weighted by molar-refractivity contribution is 0.340. The highest BCUT2D eigenvalue weighted by atomic mass is 14.5. The molecule has 3 nitrogen and oxygen atoms in total. The van der Waals surface area contributed by atoms with Crippen molar-refractivity contribution < 1.29 is 0 Å². The lowest BCUT2D eigenvalue weighted by atomic mass is 9.67. The van der Waals surface area contributed by atoms with Gasteiger partial charge in [0.05, 0.1) is 23.6 Å². The molecule has 14 heavy (non-hydrogen) atoms. The zero-order chi connectivity index (χ0) is 11.4. The monoisotopic (exact) mass is 187 g/mol. The van der Waals surface area contributed by atoms with Crippen LogP contribution in [0.4, 0.5) is 0 Å². The molecule has 72 valence electrons. The lowest BCUT2D eigenvalue weighted by Crippen LogP contribution is -2.32. The summed E-state index contributed by atoms with van der Waals surface area (Å²) in [6.07, 6.45) is 1.55. The fourth-order valence-corrected chi connectivity index (χ4v) is 1.07. The second-order valence-electron chi connectivity index (χ2n) is 3.99. The first kappa shape index (κ1) is 12.2. The van der Waals surface area contributed by atoms with Gasteiger partial charge in [-0.2, -0.15) is 15.8 Å². The Kier molecular flexibility index (Phi) is 3.44. The summed E-state index contributed by atoms with van der Waals surface area (Å²) in [5.74, 6) is 0. The SMILES string of the molecule is CC(C)=CC(C#N)(C#N)C(C)(C)C#N. The second kappa shape index (κ2) is 3.95. The van der Waals surface area contributed by atoms with Gasteiger partial charge in [-0.15, -0.1) is 0 Å². The minimum absolute atomic E-state index is 0.858. The van der Waals surface area contributed by atoms with Gasteiger partial charge in [-0.05, 0) is 27.7 Å². The molecule has 0 aromatic rings. The molecule has 3 heteroatoms. The number of hydrogen-bond donors (Lipinski definition) is 0. The highest BCUT2D eigenvalue weighted by Gasteiger charge is 2.45. The maximum Gasteiger partial charge on any atom is 0.179 e. The average Bonchev–Trinajstić information content (AvgIpc) is 2.13. The molecule has 0 radical (unpaired) electrons. The topological polar surface area (TPSA) is 71.4 Å². The van der Waals surface area contributed by atoms with Gasteiger partial charge in [0, 0.05) is 0 Å². The van der Waals surface area contributed by atoms with Gasteiger partial charge in [-0.3, -0.25) is 0 Å². The normalized spacial score (nSPS) is 10.6. The molecule has 0 heterocycles. The Balaban J connectivity index is 5.63. The molecular formula is C11H13N3. The number of allylic oxidation sites excluding steroid dienone is 2. The van der Waals surface area contributed by atoms with Gasteiger partial charge in [-0.1, -0.05) is 11.6 Å². The standard InChI is InChI=1S/C11H13N3/c1-9(2)5-11(7-13,8-14)10(3,4)6-12/h5H,1-4H3. The molecule has 0 saturated carbocycles. The van der Waals surface area contributed by atoms with Crippen LogP contribution >= 0.6 is 0 Å². The van der Waals surface area contributed by atoms with Crippen LogP contribution in [0, 0.1) is 44.8 Å². The van der Waals surface area contributed by atoms with Crippen molar-refractivity contribution in [3.63, 3.8) is 0 Å². The third kappa shape index (κ3) is 1.93. The highest BCUT2D eigenvalue weighted by Crippen LogP contribution is 2.39. The van der Waals surface area contributed by atoms with Crippen molar-refractivity contribution in [2.24, 2.45) is 10.8 Å². The van der Waals surface area contributed by atoms with Gasteiger partial charge in [0.25, 0.3) is 0 Å². The quantitative estimate of drug-likeness (QED) is 0.623. The molecule has 0 aliphatic rings. The van der Waals surface area contributed by atoms with Crippen LogP contribution in [0.5, 0.6) is 0 Å². The smallest absolute Gasteiger partial charge is 0.179 e. The molecule has 0 aromatic heterocycles. The van der Waals surface area contributed by atoms with E-state index >= 15 is 0 Å². The van der Waals surface area contributed by atoms with Crippen LogP contribution in [0.1, 0.15) is 27.7 Å². The summed E-state index contributed by atoms with van der Waals surface area (Å²) in [4.78, 5) is 0. The van der Waals surface area contributed by atoms with Gasteiger partial charge >= 0.3 is 0 Å². The molecule has 0 unspecified atom stereocenters. The average molecular weight is 187 g/mol. The van der Waals surface area contributed by atoms with Gasteiger partial charge < -0.3 is 0 Å². The van der Waals surface area contributed by atoms with Gasteiger partial charge in [0.15, 0.2) is 5.41 Å². The molecule has 0 atom stereocenters. The van der Waals surface area contributed by atoms with Crippen molar-refractivity contribution >= 4 is 0 Å². The van der Waals surface area contributed by atoms with E-state index in [1.165, 1.54) is 0 Å². The minimum Gasteiger partial charge on any atom is -0.198 e. The minimum atomic E-state index is -1.36. The third-order valence-electron chi connectivity index (χ3n) is 2.12. The van der Waals surface area contributed by atoms with Crippen LogP contribution < -0.4 is 0 Å². The summed E-state index contributed by atoms with van der Waals surface area (Å²) in [6, 6.07) is 5.86. The molecule has 0 rings (SSSR count). The summed E-state index contributed by atoms with van der Waals surface area (Å²) in [6.45, 7) is 6.80. The number of hydrogen-bond acceptors (Lipinski definition) is 3. The zero-order valence-corrected chi connectivity index (χ0v) is 8.92. The lowest BCUT2D eigenvalue weighted by Gasteiger charge is -2.27. The highest BCUT2D eigenvalue weighted by molar-refractivity contribution is 5.34. The van der Waals surface area contributed by atoms with E-state index in [0.717, 1.165) is 5.57 Å². The van der Waals surface area contributed by atoms with Crippen molar-refractivity contribution in [2.75, 3.05) is 0 Å². The number of nitrogens with zero attached hydrogens (tertiary/aromatic N) is 3. The molecule has 0 spiro atoms. The van der Waals surface area contributed by atoms with Crippen LogP contribution in [-0.2, 0) is 0 Å². The zero-order valence-electron chi connectivity index (χ0n) is 8.92. The van der Waals surface area contributed by atoms with E-state index < -0.39 is 10.8 Å². The third-order valence-corrected chi connectivity index (χ3v) is 2.12. The second-order valence-corrected chi connectivity index (χ2v) is 3.99. The Morgan fingerprint density at radius 2 is 1.43 bits per heavy atom. The first-order valence-electron chi connectivity index (χ1n) is 4.25. The molecule has 0 aliphatic carbocycles. The Bertz CT molecular complexity index is 351. The molecule has 0 saturated heterocycles. The predicted octanol–water partition coefficient (Wildman–Crippen LogP) is 2.54. The maximum absolute atomic E-state index is 9.02.